The van der Waals surface area contributed by atoms with Gasteiger partial charge >= 0.3 is 0 Å². The second kappa shape index (κ2) is 12.0. The third-order valence-electron chi connectivity index (χ3n) is 2.29. The quantitative estimate of drug-likeness (QED) is 0.369. The van der Waals surface area contributed by atoms with Crippen LogP contribution in [0.3, 0.4) is 0 Å². The van der Waals surface area contributed by atoms with E-state index in [1.807, 2.05) is 0 Å². The van der Waals surface area contributed by atoms with Crippen LogP contribution in [-0.4, -0.2) is 31.0 Å². The SMILES string of the molecule is NCCCNCCCCCC(=S)CCN. The normalized spacial score (nSPS) is 10.5. The fourth-order valence-corrected chi connectivity index (χ4v) is 1.65. The Morgan fingerprint density at radius 1 is 0.867 bits per heavy atom. The number of hydrogen-bond donors (Lipinski definition) is 3. The first-order chi connectivity index (χ1) is 7.31. The van der Waals surface area contributed by atoms with E-state index >= 15 is 0 Å². The number of rotatable bonds is 11. The molecule has 0 aromatic rings. The van der Waals surface area contributed by atoms with E-state index in [2.05, 4.69) is 5.32 Å². The highest BCUT2D eigenvalue weighted by Gasteiger charge is 1.95. The number of nitrogens with two attached hydrogens (primary N) is 2. The summed E-state index contributed by atoms with van der Waals surface area (Å²) in [6, 6.07) is 0. The topological polar surface area (TPSA) is 64.1 Å². The molecule has 0 aromatic carbocycles. The van der Waals surface area contributed by atoms with E-state index in [1.54, 1.807) is 0 Å². The Morgan fingerprint density at radius 2 is 1.60 bits per heavy atom. The summed E-state index contributed by atoms with van der Waals surface area (Å²) in [6.45, 7) is 3.62. The number of nitrogens with one attached hydrogen (secondary N) is 1. The van der Waals surface area contributed by atoms with Gasteiger partial charge in [0.2, 0.25) is 0 Å². The van der Waals surface area contributed by atoms with Crippen LogP contribution in [0.2, 0.25) is 0 Å². The Balaban J connectivity index is 3.01. The molecule has 0 aliphatic rings. The molecule has 0 saturated carbocycles. The molecule has 0 radical (unpaired) electrons. The van der Waals surface area contributed by atoms with Gasteiger partial charge in [-0.1, -0.05) is 18.6 Å². The fourth-order valence-electron chi connectivity index (χ4n) is 1.39. The van der Waals surface area contributed by atoms with E-state index in [0.29, 0.717) is 6.54 Å². The summed E-state index contributed by atoms with van der Waals surface area (Å²) in [7, 11) is 0. The van der Waals surface area contributed by atoms with Crippen LogP contribution in [0.15, 0.2) is 0 Å². The molecular formula is C11H25N3S. The molecule has 0 bridgehead atoms. The molecule has 0 atom stereocenters. The monoisotopic (exact) mass is 231 g/mol. The van der Waals surface area contributed by atoms with Crippen LogP contribution < -0.4 is 16.8 Å². The summed E-state index contributed by atoms with van der Waals surface area (Å²) in [5, 5.41) is 3.37. The van der Waals surface area contributed by atoms with Crippen molar-refractivity contribution in [2.45, 2.75) is 38.5 Å². The first-order valence-electron chi connectivity index (χ1n) is 5.93. The molecule has 0 spiro atoms. The number of thiocarbonyl (C=S) groups is 1. The van der Waals surface area contributed by atoms with Crippen molar-refractivity contribution in [3.63, 3.8) is 0 Å². The number of hydrogen-bond acceptors (Lipinski definition) is 4. The lowest BCUT2D eigenvalue weighted by atomic mass is 10.1. The van der Waals surface area contributed by atoms with Gasteiger partial charge in [-0.25, -0.2) is 0 Å². The van der Waals surface area contributed by atoms with Gasteiger partial charge in [-0.3, -0.25) is 0 Å². The zero-order valence-corrected chi connectivity index (χ0v) is 10.5. The molecule has 0 amide bonds. The predicted molar refractivity (Wildman–Crippen MR) is 71.3 cm³/mol. The van der Waals surface area contributed by atoms with Crippen LogP contribution >= 0.6 is 12.2 Å². The summed E-state index contributed by atoms with van der Waals surface area (Å²) in [6.07, 6.45) is 6.73. The van der Waals surface area contributed by atoms with Gasteiger partial charge in [0.05, 0.1) is 0 Å². The van der Waals surface area contributed by atoms with E-state index < -0.39 is 0 Å². The molecule has 90 valence electrons. The van der Waals surface area contributed by atoms with E-state index in [0.717, 1.165) is 43.8 Å². The average molecular weight is 231 g/mol. The van der Waals surface area contributed by atoms with Gasteiger partial charge in [0, 0.05) is 0 Å². The van der Waals surface area contributed by atoms with Gasteiger partial charge in [0.15, 0.2) is 0 Å². The molecule has 0 saturated heterocycles. The van der Waals surface area contributed by atoms with Crippen molar-refractivity contribution in [2.75, 3.05) is 26.2 Å². The van der Waals surface area contributed by atoms with E-state index in [-0.39, 0.29) is 0 Å². The Labute approximate surface area is 99.0 Å². The second-order valence-electron chi connectivity index (χ2n) is 3.78. The second-order valence-corrected chi connectivity index (χ2v) is 4.36. The third-order valence-corrected chi connectivity index (χ3v) is 2.70. The maximum absolute atomic E-state index is 5.42. The highest BCUT2D eigenvalue weighted by atomic mass is 32.1. The zero-order valence-electron chi connectivity index (χ0n) is 9.63. The van der Waals surface area contributed by atoms with Crippen LogP contribution in [-0.2, 0) is 0 Å². The van der Waals surface area contributed by atoms with Crippen molar-refractivity contribution in [3.05, 3.63) is 0 Å². The molecule has 0 heterocycles. The Morgan fingerprint density at radius 3 is 2.27 bits per heavy atom. The molecule has 0 fully saturated rings. The summed E-state index contributed by atoms with van der Waals surface area (Å²) in [4.78, 5) is 1.13. The molecule has 0 aliphatic carbocycles. The fraction of sp³-hybridized carbons (Fsp3) is 0.909. The molecular weight excluding hydrogens is 206 g/mol. The first-order valence-corrected chi connectivity index (χ1v) is 6.34. The van der Waals surface area contributed by atoms with Gasteiger partial charge in [0.1, 0.15) is 0 Å². The Kier molecular flexibility index (Phi) is 12.0. The lowest BCUT2D eigenvalue weighted by molar-refractivity contribution is 0.596. The minimum atomic E-state index is 0.694. The van der Waals surface area contributed by atoms with Crippen molar-refractivity contribution in [1.82, 2.24) is 5.32 Å². The van der Waals surface area contributed by atoms with E-state index in [4.69, 9.17) is 23.7 Å². The Hall–Kier alpha value is -0.0300. The lowest BCUT2D eigenvalue weighted by Crippen LogP contribution is -2.19. The van der Waals surface area contributed by atoms with Crippen molar-refractivity contribution in [2.24, 2.45) is 11.5 Å². The maximum Gasteiger partial charge on any atom is -0.00317 e. The van der Waals surface area contributed by atoms with E-state index in [1.165, 1.54) is 19.3 Å². The van der Waals surface area contributed by atoms with Gasteiger partial charge in [0.25, 0.3) is 0 Å². The summed E-state index contributed by atoms with van der Waals surface area (Å²) >= 11 is 5.18. The minimum Gasteiger partial charge on any atom is -0.330 e. The van der Waals surface area contributed by atoms with Crippen molar-refractivity contribution in [3.8, 4) is 0 Å². The van der Waals surface area contributed by atoms with Gasteiger partial charge in [-0.2, -0.15) is 0 Å². The largest absolute Gasteiger partial charge is 0.330 e. The highest BCUT2D eigenvalue weighted by molar-refractivity contribution is 7.80. The van der Waals surface area contributed by atoms with Crippen LogP contribution in [0, 0.1) is 0 Å². The van der Waals surface area contributed by atoms with E-state index in [9.17, 15) is 0 Å². The van der Waals surface area contributed by atoms with Crippen LogP contribution in [0.5, 0.6) is 0 Å². The van der Waals surface area contributed by atoms with Gasteiger partial charge < -0.3 is 16.8 Å². The summed E-state index contributed by atoms with van der Waals surface area (Å²) < 4.78 is 0. The first kappa shape index (κ1) is 15.0. The lowest BCUT2D eigenvalue weighted by Gasteiger charge is -2.04. The molecule has 5 N–H and O–H groups in total. The molecule has 4 heteroatoms. The molecule has 0 unspecified atom stereocenters. The zero-order chi connectivity index (χ0) is 11.4. The maximum atomic E-state index is 5.42. The molecule has 3 nitrogen and oxygen atoms in total. The summed E-state index contributed by atoms with van der Waals surface area (Å²) in [5.41, 5.74) is 10.8. The molecule has 0 aromatic heterocycles. The average Bonchev–Trinajstić information content (AvgIpc) is 2.22. The standard InChI is InChI=1S/C11H25N3S/c12-7-4-10-14-9-3-1-2-5-11(15)6-8-13/h14H,1-10,12-13H2. The Bertz CT molecular complexity index is 151. The highest BCUT2D eigenvalue weighted by Crippen LogP contribution is 2.02. The van der Waals surface area contributed by atoms with Gasteiger partial charge in [-0.15, -0.1) is 0 Å². The van der Waals surface area contributed by atoms with Crippen LogP contribution in [0.1, 0.15) is 38.5 Å². The van der Waals surface area contributed by atoms with Crippen molar-refractivity contribution >= 4 is 17.1 Å². The minimum absolute atomic E-state index is 0.694. The molecule has 15 heavy (non-hydrogen) atoms. The van der Waals surface area contributed by atoms with Crippen LogP contribution in [0.4, 0.5) is 0 Å². The van der Waals surface area contributed by atoms with Crippen molar-refractivity contribution < 1.29 is 0 Å². The predicted octanol–water partition coefficient (Wildman–Crippen LogP) is 1.20. The molecule has 0 rings (SSSR count). The molecule has 0 aliphatic heterocycles. The number of unbranched alkanes of at least 4 members (excludes halogenated alkanes) is 2. The third kappa shape index (κ3) is 11.9. The smallest absolute Gasteiger partial charge is 0.00317 e. The van der Waals surface area contributed by atoms with Crippen molar-refractivity contribution in [1.29, 1.82) is 0 Å². The summed E-state index contributed by atoms with van der Waals surface area (Å²) in [5.74, 6) is 0. The van der Waals surface area contributed by atoms with Crippen LogP contribution in [0.25, 0.3) is 0 Å². The van der Waals surface area contributed by atoms with Gasteiger partial charge in [-0.05, 0) is 63.1 Å².